The standard InChI is InChI=1S/C23H32N4O/c1-4-22-21(14-24-26(22)3)23(28)27-13-5-6-20(16-27)25(2)15-17-7-9-18(10-8-17)19-11-12-19/h7-10,14,19-20H,4-6,11-13,15-16H2,1-3H3. The van der Waals surface area contributed by atoms with Crippen LogP contribution >= 0.6 is 0 Å². The van der Waals surface area contributed by atoms with Gasteiger partial charge in [-0.3, -0.25) is 14.4 Å². The molecule has 5 heteroatoms. The number of rotatable bonds is 6. The number of hydrogen-bond donors (Lipinski definition) is 0. The molecule has 4 rings (SSSR count). The van der Waals surface area contributed by atoms with Crippen molar-refractivity contribution >= 4 is 5.91 Å². The second kappa shape index (κ2) is 8.08. The van der Waals surface area contributed by atoms with Crippen molar-refractivity contribution in [2.24, 2.45) is 7.05 Å². The fourth-order valence-corrected chi connectivity index (χ4v) is 4.46. The fraction of sp³-hybridized carbons (Fsp3) is 0.565. The average molecular weight is 381 g/mol. The highest BCUT2D eigenvalue weighted by molar-refractivity contribution is 5.95. The Morgan fingerprint density at radius 1 is 1.21 bits per heavy atom. The number of aryl methyl sites for hydroxylation is 1. The number of carbonyl (C=O) groups excluding carboxylic acids is 1. The quantitative estimate of drug-likeness (QED) is 0.769. The molecule has 150 valence electrons. The summed E-state index contributed by atoms with van der Waals surface area (Å²) in [7, 11) is 4.10. The van der Waals surface area contributed by atoms with Gasteiger partial charge in [0.2, 0.25) is 0 Å². The zero-order valence-electron chi connectivity index (χ0n) is 17.4. The number of nitrogens with zero attached hydrogens (tertiary/aromatic N) is 4. The summed E-state index contributed by atoms with van der Waals surface area (Å²) < 4.78 is 1.83. The van der Waals surface area contributed by atoms with Crippen molar-refractivity contribution < 1.29 is 4.79 Å². The van der Waals surface area contributed by atoms with Gasteiger partial charge in [-0.25, -0.2) is 0 Å². The Morgan fingerprint density at radius 2 is 1.96 bits per heavy atom. The van der Waals surface area contributed by atoms with Gasteiger partial charge in [-0.05, 0) is 56.2 Å². The number of likely N-dealkylation sites (N-methyl/N-ethyl adjacent to an activating group) is 1. The van der Waals surface area contributed by atoms with Gasteiger partial charge in [0.15, 0.2) is 0 Å². The number of benzene rings is 1. The van der Waals surface area contributed by atoms with E-state index in [0.29, 0.717) is 6.04 Å². The van der Waals surface area contributed by atoms with Crippen molar-refractivity contribution in [3.8, 4) is 0 Å². The van der Waals surface area contributed by atoms with E-state index in [0.717, 1.165) is 56.1 Å². The average Bonchev–Trinajstić information content (AvgIpc) is 3.50. The van der Waals surface area contributed by atoms with Gasteiger partial charge < -0.3 is 4.90 Å². The third-order valence-corrected chi connectivity index (χ3v) is 6.39. The normalized spacial score (nSPS) is 20.0. The number of amides is 1. The van der Waals surface area contributed by atoms with E-state index in [9.17, 15) is 4.79 Å². The van der Waals surface area contributed by atoms with Crippen LogP contribution < -0.4 is 0 Å². The summed E-state index contributed by atoms with van der Waals surface area (Å²) in [6, 6.07) is 9.55. The van der Waals surface area contributed by atoms with Crippen LogP contribution in [0.3, 0.4) is 0 Å². The molecule has 28 heavy (non-hydrogen) atoms. The molecule has 1 atom stereocenters. The highest BCUT2D eigenvalue weighted by Crippen LogP contribution is 2.39. The number of hydrogen-bond acceptors (Lipinski definition) is 3. The zero-order valence-corrected chi connectivity index (χ0v) is 17.4. The molecular formula is C23H32N4O. The minimum atomic E-state index is 0.136. The van der Waals surface area contributed by atoms with E-state index in [1.807, 2.05) is 16.6 Å². The molecule has 1 aromatic carbocycles. The highest BCUT2D eigenvalue weighted by Gasteiger charge is 2.29. The zero-order chi connectivity index (χ0) is 19.7. The minimum absolute atomic E-state index is 0.136. The summed E-state index contributed by atoms with van der Waals surface area (Å²) in [5, 5.41) is 4.30. The van der Waals surface area contributed by atoms with E-state index in [1.54, 1.807) is 6.20 Å². The third-order valence-electron chi connectivity index (χ3n) is 6.39. The van der Waals surface area contributed by atoms with Crippen molar-refractivity contribution in [1.82, 2.24) is 19.6 Å². The molecule has 1 unspecified atom stereocenters. The summed E-state index contributed by atoms with van der Waals surface area (Å²) >= 11 is 0. The molecule has 1 aliphatic heterocycles. The molecule has 0 bridgehead atoms. The number of piperidine rings is 1. The molecular weight excluding hydrogens is 348 g/mol. The molecule has 0 spiro atoms. The van der Waals surface area contributed by atoms with Crippen LogP contribution in [-0.2, 0) is 20.0 Å². The Morgan fingerprint density at radius 3 is 2.64 bits per heavy atom. The molecule has 2 aromatic rings. The van der Waals surface area contributed by atoms with E-state index in [-0.39, 0.29) is 5.91 Å². The lowest BCUT2D eigenvalue weighted by molar-refractivity contribution is 0.0601. The molecule has 1 saturated carbocycles. The molecule has 2 fully saturated rings. The molecule has 2 heterocycles. The molecule has 0 radical (unpaired) electrons. The maximum absolute atomic E-state index is 13.1. The van der Waals surface area contributed by atoms with Crippen molar-refractivity contribution in [3.63, 3.8) is 0 Å². The highest BCUT2D eigenvalue weighted by atomic mass is 16.2. The van der Waals surface area contributed by atoms with E-state index in [2.05, 4.69) is 48.2 Å². The van der Waals surface area contributed by atoms with E-state index < -0.39 is 0 Å². The first-order valence-electron chi connectivity index (χ1n) is 10.7. The Bertz CT molecular complexity index is 822. The van der Waals surface area contributed by atoms with Gasteiger partial charge in [-0.2, -0.15) is 5.10 Å². The van der Waals surface area contributed by atoms with Gasteiger partial charge in [0.05, 0.1) is 17.5 Å². The van der Waals surface area contributed by atoms with Crippen LogP contribution in [0.4, 0.5) is 0 Å². The SMILES string of the molecule is CCc1c(C(=O)N2CCCC(N(C)Cc3ccc(C4CC4)cc3)C2)cnn1C. The first-order valence-corrected chi connectivity index (χ1v) is 10.7. The first kappa shape index (κ1) is 19.2. The van der Waals surface area contributed by atoms with Crippen LogP contribution in [-0.4, -0.2) is 51.7 Å². The fourth-order valence-electron chi connectivity index (χ4n) is 4.46. The minimum Gasteiger partial charge on any atom is -0.337 e. The van der Waals surface area contributed by atoms with E-state index in [1.165, 1.54) is 24.0 Å². The summed E-state index contributed by atoms with van der Waals surface area (Å²) in [5.74, 6) is 0.946. The maximum Gasteiger partial charge on any atom is 0.257 e. The third kappa shape index (κ3) is 4.00. The number of aromatic nitrogens is 2. The summed E-state index contributed by atoms with van der Waals surface area (Å²) in [6.07, 6.45) is 7.46. The summed E-state index contributed by atoms with van der Waals surface area (Å²) in [4.78, 5) is 17.5. The Labute approximate surface area is 168 Å². The van der Waals surface area contributed by atoms with Gasteiger partial charge in [-0.1, -0.05) is 31.2 Å². The maximum atomic E-state index is 13.1. The summed E-state index contributed by atoms with van der Waals surface area (Å²) in [5.41, 5.74) is 4.64. The topological polar surface area (TPSA) is 41.4 Å². The predicted octanol–water partition coefficient (Wildman–Crippen LogP) is 3.60. The predicted molar refractivity (Wildman–Crippen MR) is 111 cm³/mol. The Balaban J connectivity index is 1.39. The van der Waals surface area contributed by atoms with Crippen LogP contribution in [0.2, 0.25) is 0 Å². The number of carbonyl (C=O) groups is 1. The van der Waals surface area contributed by atoms with Crippen molar-refractivity contribution in [1.29, 1.82) is 0 Å². The van der Waals surface area contributed by atoms with E-state index >= 15 is 0 Å². The van der Waals surface area contributed by atoms with Crippen molar-refractivity contribution in [3.05, 3.63) is 52.8 Å². The van der Waals surface area contributed by atoms with Crippen LogP contribution in [0.1, 0.15) is 65.7 Å². The molecule has 1 aromatic heterocycles. The van der Waals surface area contributed by atoms with Crippen LogP contribution in [0.25, 0.3) is 0 Å². The molecule has 1 amide bonds. The lowest BCUT2D eigenvalue weighted by Crippen LogP contribution is -2.48. The molecule has 0 N–H and O–H groups in total. The van der Waals surface area contributed by atoms with Crippen LogP contribution in [0.5, 0.6) is 0 Å². The van der Waals surface area contributed by atoms with Gasteiger partial charge in [0, 0.05) is 32.7 Å². The van der Waals surface area contributed by atoms with Gasteiger partial charge in [-0.15, -0.1) is 0 Å². The monoisotopic (exact) mass is 380 g/mol. The second-order valence-electron chi connectivity index (χ2n) is 8.46. The summed E-state index contributed by atoms with van der Waals surface area (Å²) in [6.45, 7) is 4.66. The van der Waals surface area contributed by atoms with Crippen LogP contribution in [0, 0.1) is 0 Å². The lowest BCUT2D eigenvalue weighted by atomic mass is 10.0. The Kier molecular flexibility index (Phi) is 5.54. The van der Waals surface area contributed by atoms with Gasteiger partial charge in [0.25, 0.3) is 5.91 Å². The van der Waals surface area contributed by atoms with Crippen molar-refractivity contribution in [2.45, 2.75) is 57.5 Å². The second-order valence-corrected chi connectivity index (χ2v) is 8.46. The Hall–Kier alpha value is -2.14. The molecule has 1 saturated heterocycles. The molecule has 2 aliphatic rings. The van der Waals surface area contributed by atoms with Crippen molar-refractivity contribution in [2.75, 3.05) is 20.1 Å². The van der Waals surface area contributed by atoms with E-state index in [4.69, 9.17) is 0 Å². The number of likely N-dealkylation sites (tertiary alicyclic amines) is 1. The molecule has 1 aliphatic carbocycles. The van der Waals surface area contributed by atoms with Crippen LogP contribution in [0.15, 0.2) is 30.5 Å². The first-order chi connectivity index (χ1) is 13.6. The van der Waals surface area contributed by atoms with Gasteiger partial charge in [0.1, 0.15) is 0 Å². The lowest BCUT2D eigenvalue weighted by Gasteiger charge is -2.37. The molecule has 5 nitrogen and oxygen atoms in total. The van der Waals surface area contributed by atoms with Gasteiger partial charge >= 0.3 is 0 Å². The smallest absolute Gasteiger partial charge is 0.257 e. The largest absolute Gasteiger partial charge is 0.337 e.